The van der Waals surface area contributed by atoms with Gasteiger partial charge in [0.25, 0.3) is 0 Å². The molecule has 1 saturated carbocycles. The van der Waals surface area contributed by atoms with E-state index < -0.39 is 0 Å². The number of nitrogens with zero attached hydrogens (tertiary/aromatic N) is 1. The fourth-order valence-corrected chi connectivity index (χ4v) is 4.73. The van der Waals surface area contributed by atoms with Gasteiger partial charge in [-0.2, -0.15) is 0 Å². The standard InChI is InChI=1S/C21H30N2O2/c1-3-12-23-18-8-5-10-21(18,11-9-20(23)25)15-22-19(24)14-17-7-4-6-16(2)13-17/h4,6-7,13,18H,3,5,8-12,14-15H2,1-2H3,(H,22,24)/t18-,21+/m1/s1. The smallest absolute Gasteiger partial charge is 0.224 e. The van der Waals surface area contributed by atoms with Gasteiger partial charge in [-0.3, -0.25) is 9.59 Å². The minimum Gasteiger partial charge on any atom is -0.355 e. The summed E-state index contributed by atoms with van der Waals surface area (Å²) in [6, 6.07) is 8.43. The Balaban J connectivity index is 1.62. The third-order valence-electron chi connectivity index (χ3n) is 5.94. The number of carbonyl (C=O) groups excluding carboxylic acids is 2. The number of benzene rings is 1. The summed E-state index contributed by atoms with van der Waals surface area (Å²) in [5, 5.41) is 3.18. The summed E-state index contributed by atoms with van der Waals surface area (Å²) >= 11 is 0. The van der Waals surface area contributed by atoms with Crippen molar-refractivity contribution in [1.82, 2.24) is 10.2 Å². The maximum absolute atomic E-state index is 12.4. The molecule has 2 atom stereocenters. The van der Waals surface area contributed by atoms with Crippen molar-refractivity contribution >= 4 is 11.8 Å². The molecule has 4 nitrogen and oxygen atoms in total. The SMILES string of the molecule is CCCN1C(=O)CC[C@]2(CNC(=O)Cc3cccc(C)c3)CCC[C@@H]12. The molecule has 2 amide bonds. The van der Waals surface area contributed by atoms with Gasteiger partial charge in [0.1, 0.15) is 0 Å². The van der Waals surface area contributed by atoms with Crippen LogP contribution in [0.15, 0.2) is 24.3 Å². The molecule has 0 radical (unpaired) electrons. The number of fused-ring (bicyclic) bond motifs is 1. The maximum atomic E-state index is 12.4. The monoisotopic (exact) mass is 342 g/mol. The summed E-state index contributed by atoms with van der Waals surface area (Å²) in [5.41, 5.74) is 2.33. The molecule has 1 aliphatic heterocycles. The van der Waals surface area contributed by atoms with Crippen molar-refractivity contribution in [1.29, 1.82) is 0 Å². The fraction of sp³-hybridized carbons (Fsp3) is 0.619. The van der Waals surface area contributed by atoms with E-state index in [1.165, 1.54) is 5.56 Å². The van der Waals surface area contributed by atoms with Crippen molar-refractivity contribution in [2.45, 2.75) is 64.8 Å². The zero-order valence-corrected chi connectivity index (χ0v) is 15.5. The van der Waals surface area contributed by atoms with Crippen LogP contribution in [0.4, 0.5) is 0 Å². The quantitative estimate of drug-likeness (QED) is 0.863. The van der Waals surface area contributed by atoms with Gasteiger partial charge in [0.15, 0.2) is 0 Å². The van der Waals surface area contributed by atoms with Crippen LogP contribution >= 0.6 is 0 Å². The Hall–Kier alpha value is -1.84. The predicted octanol–water partition coefficient (Wildman–Crippen LogP) is 3.23. The van der Waals surface area contributed by atoms with Crippen LogP contribution in [-0.2, 0) is 16.0 Å². The number of nitrogens with one attached hydrogen (secondary N) is 1. The molecule has 2 aliphatic rings. The van der Waals surface area contributed by atoms with Crippen molar-refractivity contribution in [3.8, 4) is 0 Å². The number of piperidine rings is 1. The second kappa shape index (κ2) is 7.59. The summed E-state index contributed by atoms with van der Waals surface area (Å²) in [4.78, 5) is 26.9. The van der Waals surface area contributed by atoms with Crippen molar-refractivity contribution < 1.29 is 9.59 Å². The highest BCUT2D eigenvalue weighted by atomic mass is 16.2. The lowest BCUT2D eigenvalue weighted by Gasteiger charge is -2.46. The van der Waals surface area contributed by atoms with Crippen LogP contribution in [0, 0.1) is 12.3 Å². The number of amides is 2. The van der Waals surface area contributed by atoms with Crippen molar-refractivity contribution in [3.63, 3.8) is 0 Å². The maximum Gasteiger partial charge on any atom is 0.224 e. The fourth-order valence-electron chi connectivity index (χ4n) is 4.73. The molecular formula is C21H30N2O2. The van der Waals surface area contributed by atoms with E-state index >= 15 is 0 Å². The van der Waals surface area contributed by atoms with Gasteiger partial charge >= 0.3 is 0 Å². The second-order valence-corrected chi connectivity index (χ2v) is 7.80. The molecule has 1 saturated heterocycles. The number of hydrogen-bond donors (Lipinski definition) is 1. The molecule has 0 unspecified atom stereocenters. The summed E-state index contributed by atoms with van der Waals surface area (Å²) in [6.07, 6.45) is 6.34. The van der Waals surface area contributed by atoms with Crippen LogP contribution in [0.2, 0.25) is 0 Å². The molecule has 1 aromatic rings. The second-order valence-electron chi connectivity index (χ2n) is 7.80. The summed E-state index contributed by atoms with van der Waals surface area (Å²) < 4.78 is 0. The average Bonchev–Trinajstić information content (AvgIpc) is 3.01. The van der Waals surface area contributed by atoms with Gasteiger partial charge in [0.05, 0.1) is 6.42 Å². The highest BCUT2D eigenvalue weighted by molar-refractivity contribution is 5.79. The van der Waals surface area contributed by atoms with E-state index in [0.29, 0.717) is 31.3 Å². The molecule has 1 N–H and O–H groups in total. The molecule has 1 aliphatic carbocycles. The lowest BCUT2D eigenvalue weighted by Crippen LogP contribution is -2.56. The first-order valence-electron chi connectivity index (χ1n) is 9.66. The lowest BCUT2D eigenvalue weighted by molar-refractivity contribution is -0.141. The van der Waals surface area contributed by atoms with Crippen molar-refractivity contribution in [3.05, 3.63) is 35.4 Å². The number of hydrogen-bond acceptors (Lipinski definition) is 2. The minimum atomic E-state index is 0.0876. The minimum absolute atomic E-state index is 0.0876. The van der Waals surface area contributed by atoms with Crippen LogP contribution in [0.25, 0.3) is 0 Å². The Kier molecular flexibility index (Phi) is 5.45. The summed E-state index contributed by atoms with van der Waals surface area (Å²) in [5.74, 6) is 0.389. The molecule has 4 heteroatoms. The Morgan fingerprint density at radius 1 is 1.36 bits per heavy atom. The molecule has 0 aromatic heterocycles. The Labute approximate surface area is 151 Å². The van der Waals surface area contributed by atoms with Gasteiger partial charge in [0.2, 0.25) is 11.8 Å². The Bertz CT molecular complexity index is 643. The molecule has 0 spiro atoms. The van der Waals surface area contributed by atoms with Gasteiger partial charge in [-0.15, -0.1) is 0 Å². The molecule has 2 fully saturated rings. The van der Waals surface area contributed by atoms with Crippen LogP contribution < -0.4 is 5.32 Å². The van der Waals surface area contributed by atoms with Gasteiger partial charge in [-0.25, -0.2) is 0 Å². The normalized spacial score (nSPS) is 25.8. The zero-order valence-electron chi connectivity index (χ0n) is 15.5. The Morgan fingerprint density at radius 3 is 2.96 bits per heavy atom. The number of carbonyl (C=O) groups is 2. The molecule has 1 aromatic carbocycles. The van der Waals surface area contributed by atoms with Crippen LogP contribution in [-0.4, -0.2) is 35.8 Å². The van der Waals surface area contributed by atoms with Crippen LogP contribution in [0.5, 0.6) is 0 Å². The van der Waals surface area contributed by atoms with Gasteiger partial charge in [0, 0.05) is 31.0 Å². The molecule has 25 heavy (non-hydrogen) atoms. The number of rotatable bonds is 6. The highest BCUT2D eigenvalue weighted by Gasteiger charge is 2.49. The van der Waals surface area contributed by atoms with Gasteiger partial charge in [-0.05, 0) is 38.2 Å². The van der Waals surface area contributed by atoms with E-state index in [9.17, 15) is 9.59 Å². The molecule has 136 valence electrons. The van der Waals surface area contributed by atoms with Crippen LogP contribution in [0.3, 0.4) is 0 Å². The first-order chi connectivity index (χ1) is 12.0. The number of aryl methyl sites for hydroxylation is 1. The van der Waals surface area contributed by atoms with E-state index in [4.69, 9.17) is 0 Å². The zero-order chi connectivity index (χ0) is 17.9. The van der Waals surface area contributed by atoms with E-state index in [1.807, 2.05) is 25.1 Å². The summed E-state index contributed by atoms with van der Waals surface area (Å²) in [7, 11) is 0. The van der Waals surface area contributed by atoms with E-state index in [2.05, 4.69) is 23.2 Å². The largest absolute Gasteiger partial charge is 0.355 e. The molecular weight excluding hydrogens is 312 g/mol. The van der Waals surface area contributed by atoms with Gasteiger partial charge in [-0.1, -0.05) is 43.2 Å². The lowest BCUT2D eigenvalue weighted by atomic mass is 9.74. The van der Waals surface area contributed by atoms with Crippen molar-refractivity contribution in [2.75, 3.05) is 13.1 Å². The highest BCUT2D eigenvalue weighted by Crippen LogP contribution is 2.47. The number of likely N-dealkylation sites (tertiary alicyclic amines) is 1. The first-order valence-corrected chi connectivity index (χ1v) is 9.66. The van der Waals surface area contributed by atoms with E-state index in [-0.39, 0.29) is 11.3 Å². The van der Waals surface area contributed by atoms with Crippen molar-refractivity contribution in [2.24, 2.45) is 5.41 Å². The van der Waals surface area contributed by atoms with E-state index in [0.717, 1.165) is 44.2 Å². The molecule has 1 heterocycles. The Morgan fingerprint density at radius 2 is 2.20 bits per heavy atom. The van der Waals surface area contributed by atoms with Gasteiger partial charge < -0.3 is 10.2 Å². The average molecular weight is 342 g/mol. The van der Waals surface area contributed by atoms with Crippen LogP contribution in [0.1, 0.15) is 56.6 Å². The topological polar surface area (TPSA) is 49.4 Å². The molecule has 0 bridgehead atoms. The summed E-state index contributed by atoms with van der Waals surface area (Å²) in [6.45, 7) is 5.73. The predicted molar refractivity (Wildman–Crippen MR) is 99.2 cm³/mol. The third kappa shape index (κ3) is 3.88. The third-order valence-corrected chi connectivity index (χ3v) is 5.94. The first kappa shape index (κ1) is 18.0. The van der Waals surface area contributed by atoms with E-state index in [1.54, 1.807) is 0 Å². The molecule has 3 rings (SSSR count).